The molecule has 176 valence electrons. The average molecular weight is 482 g/mol. The van der Waals surface area contributed by atoms with E-state index in [1.807, 2.05) is 36.8 Å². The van der Waals surface area contributed by atoms with Gasteiger partial charge in [0, 0.05) is 42.1 Å². The normalized spacial score (nSPS) is 15.3. The van der Waals surface area contributed by atoms with Gasteiger partial charge in [-0.2, -0.15) is 8.78 Å². The molecule has 5 rings (SSSR count). The maximum absolute atomic E-state index is 13.2. The van der Waals surface area contributed by atoms with Crippen molar-refractivity contribution >= 4 is 28.7 Å². The zero-order chi connectivity index (χ0) is 23.8. The van der Waals surface area contributed by atoms with E-state index in [9.17, 15) is 8.78 Å². The Balaban J connectivity index is 1.62. The van der Waals surface area contributed by atoms with Crippen LogP contribution in [0.5, 0.6) is 5.75 Å². The molecule has 0 fully saturated rings. The molecule has 0 radical (unpaired) electrons. The number of imidazole rings is 1. The van der Waals surface area contributed by atoms with E-state index < -0.39 is 6.61 Å². The summed E-state index contributed by atoms with van der Waals surface area (Å²) < 4.78 is 36.8. The summed E-state index contributed by atoms with van der Waals surface area (Å²) in [4.78, 5) is 13.8. The molecule has 2 aromatic heterocycles. The summed E-state index contributed by atoms with van der Waals surface area (Å²) in [5, 5.41) is 0. The molecule has 34 heavy (non-hydrogen) atoms. The van der Waals surface area contributed by atoms with Gasteiger partial charge >= 0.3 is 6.61 Å². The van der Waals surface area contributed by atoms with Crippen LogP contribution in [0.1, 0.15) is 49.4 Å². The maximum Gasteiger partial charge on any atom is 0.387 e. The number of alkyl halides is 2. The van der Waals surface area contributed by atoms with E-state index in [2.05, 4.69) is 39.2 Å². The van der Waals surface area contributed by atoms with Crippen LogP contribution in [0, 0.1) is 0 Å². The molecule has 3 heterocycles. The SMILES string of the molecule is CSNc1cccc(OC(F)F)c1[C@H]1CCc2nc3ccc(-c4cnc(C(C)C)nc4)cc3n21. The highest BCUT2D eigenvalue weighted by Gasteiger charge is 2.32. The molecule has 0 spiro atoms. The van der Waals surface area contributed by atoms with Gasteiger partial charge in [0.2, 0.25) is 0 Å². The molecule has 6 nitrogen and oxygen atoms in total. The highest BCUT2D eigenvalue weighted by atomic mass is 32.2. The van der Waals surface area contributed by atoms with Crippen LogP contribution in [-0.4, -0.2) is 32.4 Å². The number of anilines is 1. The molecule has 2 aromatic carbocycles. The Labute approximate surface area is 200 Å². The van der Waals surface area contributed by atoms with Crippen molar-refractivity contribution < 1.29 is 13.5 Å². The van der Waals surface area contributed by atoms with Crippen LogP contribution >= 0.6 is 11.9 Å². The van der Waals surface area contributed by atoms with E-state index >= 15 is 0 Å². The van der Waals surface area contributed by atoms with Crippen molar-refractivity contribution in [1.29, 1.82) is 0 Å². The fourth-order valence-electron chi connectivity index (χ4n) is 4.59. The second-order valence-corrected chi connectivity index (χ2v) is 9.16. The Hall–Kier alpha value is -3.20. The second kappa shape index (κ2) is 9.21. The summed E-state index contributed by atoms with van der Waals surface area (Å²) in [7, 11) is 0. The molecule has 1 N–H and O–H groups in total. The first kappa shape index (κ1) is 22.6. The number of halogens is 2. The molecule has 1 aliphatic rings. The number of benzene rings is 2. The quantitative estimate of drug-likeness (QED) is 0.306. The summed E-state index contributed by atoms with van der Waals surface area (Å²) in [5.74, 6) is 2.18. The van der Waals surface area contributed by atoms with Crippen molar-refractivity contribution in [2.24, 2.45) is 0 Å². The van der Waals surface area contributed by atoms with Crippen LogP contribution < -0.4 is 9.46 Å². The van der Waals surface area contributed by atoms with Crippen LogP contribution in [0.3, 0.4) is 0 Å². The fourth-order valence-corrected chi connectivity index (χ4v) is 4.98. The molecule has 0 unspecified atom stereocenters. The van der Waals surface area contributed by atoms with E-state index in [-0.39, 0.29) is 17.7 Å². The zero-order valence-electron chi connectivity index (χ0n) is 19.1. The highest BCUT2D eigenvalue weighted by Crippen LogP contribution is 2.44. The molecule has 9 heteroatoms. The van der Waals surface area contributed by atoms with Crippen molar-refractivity contribution in [3.63, 3.8) is 0 Å². The van der Waals surface area contributed by atoms with E-state index in [0.717, 1.165) is 52.3 Å². The second-order valence-electron chi connectivity index (χ2n) is 8.54. The smallest absolute Gasteiger partial charge is 0.387 e. The lowest BCUT2D eigenvalue weighted by atomic mass is 10.0. The summed E-state index contributed by atoms with van der Waals surface area (Å²) in [6.07, 6.45) is 7.09. The Morgan fingerprint density at radius 1 is 1.12 bits per heavy atom. The predicted molar refractivity (Wildman–Crippen MR) is 132 cm³/mol. The zero-order valence-corrected chi connectivity index (χ0v) is 19.9. The molecule has 0 bridgehead atoms. The first-order chi connectivity index (χ1) is 16.5. The van der Waals surface area contributed by atoms with Gasteiger partial charge in [-0.1, -0.05) is 37.9 Å². The summed E-state index contributed by atoms with van der Waals surface area (Å²) in [6, 6.07) is 11.1. The largest absolute Gasteiger partial charge is 0.434 e. The monoisotopic (exact) mass is 481 g/mol. The van der Waals surface area contributed by atoms with Gasteiger partial charge in [0.25, 0.3) is 0 Å². The van der Waals surface area contributed by atoms with Gasteiger partial charge in [0.1, 0.15) is 17.4 Å². The van der Waals surface area contributed by atoms with Gasteiger partial charge in [0.15, 0.2) is 0 Å². The van der Waals surface area contributed by atoms with Gasteiger partial charge in [-0.3, -0.25) is 0 Å². The topological polar surface area (TPSA) is 64.9 Å². The number of rotatable bonds is 7. The van der Waals surface area contributed by atoms with E-state index in [0.29, 0.717) is 5.56 Å². The number of nitrogens with zero attached hydrogens (tertiary/aromatic N) is 4. The van der Waals surface area contributed by atoms with Crippen molar-refractivity contribution in [3.05, 3.63) is 66.0 Å². The molecular formula is C25H25F2N5OS. The molecule has 4 aromatic rings. The van der Waals surface area contributed by atoms with E-state index in [4.69, 9.17) is 9.72 Å². The standard InChI is InChI=1S/C25H25F2N5OS/c1-14(2)24-28-12-16(13-29-24)15-7-8-17-20(11-15)32-19(9-10-22(32)30-17)23-18(31-34-3)5-4-6-21(23)33-25(26)27/h4-8,11-14,19,25,31H,9-10H2,1-3H3/t19-/m1/s1. The summed E-state index contributed by atoms with van der Waals surface area (Å²) in [6.45, 7) is 1.23. The average Bonchev–Trinajstić information content (AvgIpc) is 3.38. The van der Waals surface area contributed by atoms with Crippen molar-refractivity contribution in [3.8, 4) is 16.9 Å². The van der Waals surface area contributed by atoms with Crippen molar-refractivity contribution in [1.82, 2.24) is 19.5 Å². The Kier molecular flexibility index (Phi) is 6.12. The Morgan fingerprint density at radius 2 is 1.91 bits per heavy atom. The molecule has 0 saturated heterocycles. The lowest BCUT2D eigenvalue weighted by Gasteiger charge is -2.22. The van der Waals surface area contributed by atoms with Crippen molar-refractivity contribution in [2.75, 3.05) is 11.0 Å². The minimum Gasteiger partial charge on any atom is -0.434 e. The first-order valence-electron chi connectivity index (χ1n) is 11.2. The van der Waals surface area contributed by atoms with Crippen LogP contribution in [0.4, 0.5) is 14.5 Å². The summed E-state index contributed by atoms with van der Waals surface area (Å²) >= 11 is 1.41. The van der Waals surface area contributed by atoms with Gasteiger partial charge < -0.3 is 14.0 Å². The van der Waals surface area contributed by atoms with Gasteiger partial charge in [-0.25, -0.2) is 15.0 Å². The minimum absolute atomic E-state index is 0.181. The predicted octanol–water partition coefficient (Wildman–Crippen LogP) is 6.44. The number of aromatic nitrogens is 4. The molecular weight excluding hydrogens is 456 g/mol. The number of hydrogen-bond acceptors (Lipinski definition) is 6. The molecule has 0 amide bonds. The number of nitrogens with one attached hydrogen (secondary N) is 1. The number of aryl methyl sites for hydroxylation is 1. The first-order valence-corrected chi connectivity index (χ1v) is 12.4. The number of ether oxygens (including phenoxy) is 1. The molecule has 0 aliphatic carbocycles. The molecule has 1 atom stereocenters. The Bertz CT molecular complexity index is 1320. The lowest BCUT2D eigenvalue weighted by Crippen LogP contribution is -2.12. The number of fused-ring (bicyclic) bond motifs is 3. The summed E-state index contributed by atoms with van der Waals surface area (Å²) in [5.41, 5.74) is 5.20. The third kappa shape index (κ3) is 4.09. The van der Waals surface area contributed by atoms with Crippen LogP contribution in [0.2, 0.25) is 0 Å². The highest BCUT2D eigenvalue weighted by molar-refractivity contribution is 7.99. The lowest BCUT2D eigenvalue weighted by molar-refractivity contribution is -0.0506. The minimum atomic E-state index is -2.90. The van der Waals surface area contributed by atoms with Gasteiger partial charge in [0.05, 0.1) is 22.8 Å². The van der Waals surface area contributed by atoms with E-state index in [1.165, 1.54) is 11.9 Å². The van der Waals surface area contributed by atoms with Gasteiger partial charge in [-0.05, 0) is 36.2 Å². The third-order valence-electron chi connectivity index (χ3n) is 6.06. The maximum atomic E-state index is 13.2. The molecule has 1 aliphatic heterocycles. The fraction of sp³-hybridized carbons (Fsp3) is 0.320. The van der Waals surface area contributed by atoms with Crippen LogP contribution in [0.25, 0.3) is 22.2 Å². The van der Waals surface area contributed by atoms with E-state index in [1.54, 1.807) is 12.1 Å². The Morgan fingerprint density at radius 3 is 2.62 bits per heavy atom. The van der Waals surface area contributed by atoms with Crippen LogP contribution in [-0.2, 0) is 6.42 Å². The van der Waals surface area contributed by atoms with Gasteiger partial charge in [-0.15, -0.1) is 0 Å². The number of hydrogen-bond donors (Lipinski definition) is 1. The molecule has 0 saturated carbocycles. The van der Waals surface area contributed by atoms with Crippen LogP contribution in [0.15, 0.2) is 48.8 Å². The van der Waals surface area contributed by atoms with Crippen molar-refractivity contribution in [2.45, 2.75) is 45.3 Å². The third-order valence-corrected chi connectivity index (χ3v) is 6.49.